The Morgan fingerprint density at radius 3 is 2.52 bits per heavy atom. The van der Waals surface area contributed by atoms with Gasteiger partial charge in [-0.25, -0.2) is 14.2 Å². The number of amides is 3. The van der Waals surface area contributed by atoms with Crippen LogP contribution in [0.2, 0.25) is 0 Å². The van der Waals surface area contributed by atoms with E-state index in [1.807, 2.05) is 44.2 Å². The van der Waals surface area contributed by atoms with E-state index in [1.54, 1.807) is 12.1 Å². The van der Waals surface area contributed by atoms with Crippen molar-refractivity contribution in [3.8, 4) is 0 Å². The number of nitrogens with zero attached hydrogens (tertiary/aromatic N) is 1. The molecule has 1 aromatic heterocycles. The van der Waals surface area contributed by atoms with E-state index in [0.717, 1.165) is 31.4 Å². The Labute approximate surface area is 198 Å². The van der Waals surface area contributed by atoms with E-state index in [1.165, 1.54) is 41.3 Å². The molecule has 0 aliphatic rings. The molecule has 0 radical (unpaired) electrons. The van der Waals surface area contributed by atoms with Crippen molar-refractivity contribution in [1.82, 2.24) is 4.98 Å². The third kappa shape index (κ3) is 6.09. The number of thioether (sulfide) groups is 1. The number of fused-ring (bicyclic) bond motifs is 1. The molecule has 0 unspecified atom stereocenters. The number of benzene rings is 3. The average molecular weight is 481 g/mol. The van der Waals surface area contributed by atoms with Crippen LogP contribution in [-0.4, -0.2) is 22.7 Å². The molecule has 168 valence electrons. The van der Waals surface area contributed by atoms with Gasteiger partial charge in [-0.05, 0) is 61.9 Å². The number of nitrogens with one attached hydrogen (secondary N) is 3. The number of aromatic nitrogens is 1. The molecule has 9 heteroatoms. The van der Waals surface area contributed by atoms with Gasteiger partial charge in [0.1, 0.15) is 5.82 Å². The Hall–Kier alpha value is -3.43. The van der Waals surface area contributed by atoms with Gasteiger partial charge in [0.25, 0.3) is 0 Å². The van der Waals surface area contributed by atoms with Gasteiger partial charge < -0.3 is 16.0 Å². The molecule has 4 rings (SSSR count). The second-order valence-corrected chi connectivity index (χ2v) is 9.66. The summed E-state index contributed by atoms with van der Waals surface area (Å²) in [7, 11) is 0. The minimum Gasteiger partial charge on any atom is -0.325 e. The molecule has 3 N–H and O–H groups in total. The second-order valence-electron chi connectivity index (χ2n) is 7.41. The average Bonchev–Trinajstić information content (AvgIpc) is 3.16. The molecule has 0 aliphatic heterocycles. The van der Waals surface area contributed by atoms with Gasteiger partial charge in [-0.1, -0.05) is 35.5 Å². The first-order valence-electron chi connectivity index (χ1n) is 10.1. The highest BCUT2D eigenvalue weighted by molar-refractivity contribution is 8.01. The molecule has 33 heavy (non-hydrogen) atoms. The first kappa shape index (κ1) is 22.8. The van der Waals surface area contributed by atoms with Crippen LogP contribution in [0.1, 0.15) is 11.1 Å². The van der Waals surface area contributed by atoms with Gasteiger partial charge in [0, 0.05) is 17.1 Å². The van der Waals surface area contributed by atoms with Gasteiger partial charge >= 0.3 is 6.03 Å². The minimum atomic E-state index is -0.470. The quantitative estimate of drug-likeness (QED) is 0.278. The number of thiazole rings is 1. The molecule has 0 saturated carbocycles. The number of anilines is 3. The van der Waals surface area contributed by atoms with Crippen molar-refractivity contribution in [2.45, 2.75) is 18.2 Å². The fourth-order valence-corrected chi connectivity index (χ4v) is 5.08. The van der Waals surface area contributed by atoms with Gasteiger partial charge in [-0.2, -0.15) is 0 Å². The zero-order valence-corrected chi connectivity index (χ0v) is 19.6. The zero-order valence-electron chi connectivity index (χ0n) is 17.9. The summed E-state index contributed by atoms with van der Waals surface area (Å²) in [5.74, 6) is -0.275. The Kier molecular flexibility index (Phi) is 6.90. The molecule has 3 aromatic carbocycles. The molecule has 0 bridgehead atoms. The molecule has 0 aliphatic carbocycles. The van der Waals surface area contributed by atoms with Crippen molar-refractivity contribution >= 4 is 62.3 Å². The number of halogens is 1. The second kappa shape index (κ2) is 10.0. The lowest BCUT2D eigenvalue weighted by Crippen LogP contribution is -2.19. The van der Waals surface area contributed by atoms with Crippen LogP contribution in [-0.2, 0) is 4.79 Å². The molecule has 6 nitrogen and oxygen atoms in total. The normalized spacial score (nSPS) is 10.8. The lowest BCUT2D eigenvalue weighted by atomic mass is 10.1. The van der Waals surface area contributed by atoms with Crippen molar-refractivity contribution in [3.05, 3.63) is 77.6 Å². The summed E-state index contributed by atoms with van der Waals surface area (Å²) < 4.78 is 14.9. The number of urea groups is 1. The lowest BCUT2D eigenvalue weighted by Gasteiger charge is -2.08. The van der Waals surface area contributed by atoms with Crippen molar-refractivity contribution in [2.75, 3.05) is 21.7 Å². The summed E-state index contributed by atoms with van der Waals surface area (Å²) in [5, 5.41) is 8.26. The van der Waals surface area contributed by atoms with E-state index in [-0.39, 0.29) is 11.7 Å². The van der Waals surface area contributed by atoms with E-state index in [9.17, 15) is 14.0 Å². The van der Waals surface area contributed by atoms with Gasteiger partial charge in [-0.3, -0.25) is 4.79 Å². The fourth-order valence-electron chi connectivity index (χ4n) is 3.17. The molecule has 0 atom stereocenters. The highest BCUT2D eigenvalue weighted by Gasteiger charge is 2.11. The minimum absolute atomic E-state index is 0.0948. The monoisotopic (exact) mass is 480 g/mol. The summed E-state index contributed by atoms with van der Waals surface area (Å²) in [5.41, 5.74) is 4.72. The van der Waals surface area contributed by atoms with Crippen LogP contribution in [0.15, 0.2) is 65.0 Å². The van der Waals surface area contributed by atoms with E-state index in [2.05, 4.69) is 20.9 Å². The van der Waals surface area contributed by atoms with Crippen LogP contribution >= 0.6 is 23.1 Å². The van der Waals surface area contributed by atoms with Crippen LogP contribution < -0.4 is 16.0 Å². The summed E-state index contributed by atoms with van der Waals surface area (Å²) in [6, 6.07) is 16.5. The molecule has 3 amide bonds. The van der Waals surface area contributed by atoms with Crippen molar-refractivity contribution in [2.24, 2.45) is 0 Å². The third-order valence-electron chi connectivity index (χ3n) is 4.69. The Morgan fingerprint density at radius 1 is 0.970 bits per heavy atom. The van der Waals surface area contributed by atoms with Gasteiger partial charge in [0.2, 0.25) is 5.91 Å². The SMILES string of the molecule is Cc1ccc(NC(=O)CSc2nc3ccc(NC(=O)Nc4cccc(F)c4)cc3s2)c(C)c1. The van der Waals surface area contributed by atoms with Gasteiger partial charge in [0.05, 0.1) is 16.0 Å². The Balaban J connectivity index is 1.35. The van der Waals surface area contributed by atoms with Crippen LogP contribution in [0.5, 0.6) is 0 Å². The largest absolute Gasteiger partial charge is 0.325 e. The predicted octanol–water partition coefficient (Wildman–Crippen LogP) is 6.43. The molecular weight excluding hydrogens is 459 g/mol. The highest BCUT2D eigenvalue weighted by Crippen LogP contribution is 2.31. The van der Waals surface area contributed by atoms with E-state index >= 15 is 0 Å². The van der Waals surface area contributed by atoms with E-state index in [0.29, 0.717) is 11.4 Å². The molecule has 4 aromatic rings. The standard InChI is InChI=1S/C24H21FN4O2S2/c1-14-6-8-19(15(2)10-14)28-22(30)13-32-24-29-20-9-7-18(12-21(20)33-24)27-23(31)26-17-5-3-4-16(25)11-17/h3-12H,13H2,1-2H3,(H,28,30)(H2,26,27,31). The van der Waals surface area contributed by atoms with Crippen LogP contribution in [0.3, 0.4) is 0 Å². The van der Waals surface area contributed by atoms with E-state index < -0.39 is 11.8 Å². The van der Waals surface area contributed by atoms with Crippen molar-refractivity contribution in [3.63, 3.8) is 0 Å². The van der Waals surface area contributed by atoms with Crippen LogP contribution in [0.4, 0.5) is 26.2 Å². The summed E-state index contributed by atoms with van der Waals surface area (Å²) in [6.45, 7) is 3.98. The lowest BCUT2D eigenvalue weighted by molar-refractivity contribution is -0.113. The zero-order chi connectivity index (χ0) is 23.4. The topological polar surface area (TPSA) is 83.1 Å². The maximum atomic E-state index is 13.3. The molecule has 0 fully saturated rings. The number of rotatable bonds is 6. The maximum absolute atomic E-state index is 13.3. The molecule has 0 spiro atoms. The van der Waals surface area contributed by atoms with Gasteiger partial charge in [-0.15, -0.1) is 11.3 Å². The Morgan fingerprint density at radius 2 is 1.76 bits per heavy atom. The smallest absolute Gasteiger partial charge is 0.323 e. The number of carbonyl (C=O) groups is 2. The molecule has 1 heterocycles. The number of aryl methyl sites for hydroxylation is 2. The summed E-state index contributed by atoms with van der Waals surface area (Å²) in [6.07, 6.45) is 0. The first-order chi connectivity index (χ1) is 15.9. The third-order valence-corrected chi connectivity index (χ3v) is 6.85. The fraction of sp³-hybridized carbons (Fsp3) is 0.125. The maximum Gasteiger partial charge on any atom is 0.323 e. The highest BCUT2D eigenvalue weighted by atomic mass is 32.2. The Bertz CT molecular complexity index is 1340. The first-order valence-corrected chi connectivity index (χ1v) is 11.9. The number of carbonyl (C=O) groups excluding carboxylic acids is 2. The molecule has 0 saturated heterocycles. The van der Waals surface area contributed by atoms with E-state index in [4.69, 9.17) is 0 Å². The molecular formula is C24H21FN4O2S2. The van der Waals surface area contributed by atoms with Crippen molar-refractivity contribution in [1.29, 1.82) is 0 Å². The van der Waals surface area contributed by atoms with Gasteiger partial charge in [0.15, 0.2) is 4.34 Å². The summed E-state index contributed by atoms with van der Waals surface area (Å²) >= 11 is 2.81. The number of hydrogen-bond acceptors (Lipinski definition) is 5. The van der Waals surface area contributed by atoms with Crippen molar-refractivity contribution < 1.29 is 14.0 Å². The van der Waals surface area contributed by atoms with Crippen LogP contribution in [0.25, 0.3) is 10.2 Å². The number of hydrogen-bond donors (Lipinski definition) is 3. The summed E-state index contributed by atoms with van der Waals surface area (Å²) in [4.78, 5) is 29.1. The van der Waals surface area contributed by atoms with Crippen LogP contribution in [0, 0.1) is 19.7 Å². The predicted molar refractivity (Wildman–Crippen MR) is 134 cm³/mol.